The van der Waals surface area contributed by atoms with Crippen LogP contribution in [-0.4, -0.2) is 69.5 Å². The Kier molecular flexibility index (Phi) is 5.83. The Labute approximate surface area is 101 Å². The molecule has 0 spiro atoms. The fraction of sp³-hybridized carbons (Fsp3) is 0.889. The zero-order valence-electron chi connectivity index (χ0n) is 9.59. The van der Waals surface area contributed by atoms with Crippen molar-refractivity contribution in [1.82, 2.24) is 9.62 Å². The maximum Gasteiger partial charge on any atom is 0.320 e. The summed E-state index contributed by atoms with van der Waals surface area (Å²) in [6.45, 7) is 4.21. The highest BCUT2D eigenvalue weighted by Crippen LogP contribution is 1.97. The molecule has 2 N–H and O–H groups in total. The lowest BCUT2D eigenvalue weighted by atomic mass is 10.3. The van der Waals surface area contributed by atoms with E-state index in [1.165, 1.54) is 0 Å². The highest BCUT2D eigenvalue weighted by Gasteiger charge is 2.15. The van der Waals surface area contributed by atoms with Crippen LogP contribution in [0.3, 0.4) is 0 Å². The van der Waals surface area contributed by atoms with E-state index in [-0.39, 0.29) is 6.54 Å². The van der Waals surface area contributed by atoms with Gasteiger partial charge in [0, 0.05) is 19.6 Å². The van der Waals surface area contributed by atoms with Gasteiger partial charge in [0.25, 0.3) is 0 Å². The molecule has 0 unspecified atom stereocenters. The number of carbonyl (C=O) groups is 1. The van der Waals surface area contributed by atoms with Crippen LogP contribution in [0.5, 0.6) is 0 Å². The number of morpholine rings is 1. The van der Waals surface area contributed by atoms with Gasteiger partial charge in [-0.2, -0.15) is 0 Å². The summed E-state index contributed by atoms with van der Waals surface area (Å²) in [4.78, 5) is 12.4. The second-order valence-corrected chi connectivity index (χ2v) is 5.66. The summed E-state index contributed by atoms with van der Waals surface area (Å²) >= 11 is 0. The van der Waals surface area contributed by atoms with E-state index < -0.39 is 21.7 Å². The van der Waals surface area contributed by atoms with Gasteiger partial charge >= 0.3 is 5.97 Å². The lowest BCUT2D eigenvalue weighted by molar-refractivity contribution is -0.134. The summed E-state index contributed by atoms with van der Waals surface area (Å²) in [6, 6.07) is 0. The molecule has 1 saturated heterocycles. The zero-order chi connectivity index (χ0) is 12.7. The number of rotatable bonds is 7. The van der Waals surface area contributed by atoms with E-state index in [9.17, 15) is 13.2 Å². The normalized spacial score (nSPS) is 18.1. The molecule has 0 amide bonds. The van der Waals surface area contributed by atoms with Crippen LogP contribution in [0.15, 0.2) is 0 Å². The van der Waals surface area contributed by atoms with Crippen LogP contribution in [0.4, 0.5) is 0 Å². The average Bonchev–Trinajstić information content (AvgIpc) is 2.24. The van der Waals surface area contributed by atoms with Crippen molar-refractivity contribution in [3.63, 3.8) is 0 Å². The first-order chi connectivity index (χ1) is 7.99. The van der Waals surface area contributed by atoms with Crippen LogP contribution in [0.1, 0.15) is 6.42 Å². The second kappa shape index (κ2) is 6.90. The highest BCUT2D eigenvalue weighted by molar-refractivity contribution is 7.90. The van der Waals surface area contributed by atoms with E-state index in [0.717, 1.165) is 19.6 Å². The zero-order valence-corrected chi connectivity index (χ0v) is 10.4. The quantitative estimate of drug-likeness (QED) is 0.557. The van der Waals surface area contributed by atoms with E-state index in [2.05, 4.69) is 9.62 Å². The molecule has 7 nitrogen and oxygen atoms in total. The monoisotopic (exact) mass is 266 g/mol. The van der Waals surface area contributed by atoms with Gasteiger partial charge in [-0.15, -0.1) is 0 Å². The van der Waals surface area contributed by atoms with Gasteiger partial charge < -0.3 is 9.84 Å². The number of hydrogen-bond acceptors (Lipinski definition) is 5. The molecule has 0 bridgehead atoms. The van der Waals surface area contributed by atoms with Gasteiger partial charge in [-0.1, -0.05) is 0 Å². The van der Waals surface area contributed by atoms with Crippen LogP contribution in [-0.2, 0) is 19.6 Å². The van der Waals surface area contributed by atoms with Crippen LogP contribution >= 0.6 is 0 Å². The largest absolute Gasteiger partial charge is 0.480 e. The number of carboxylic acids is 1. The maximum atomic E-state index is 11.2. The van der Waals surface area contributed by atoms with Crippen LogP contribution in [0.2, 0.25) is 0 Å². The molecule has 1 fully saturated rings. The van der Waals surface area contributed by atoms with Gasteiger partial charge in [-0.3, -0.25) is 9.69 Å². The maximum absolute atomic E-state index is 11.2. The predicted molar refractivity (Wildman–Crippen MR) is 61.3 cm³/mol. The summed E-state index contributed by atoms with van der Waals surface area (Å²) < 4.78 is 29.8. The molecule has 8 heteroatoms. The third-order valence-electron chi connectivity index (χ3n) is 2.39. The fourth-order valence-electron chi connectivity index (χ4n) is 1.57. The molecule has 0 saturated carbocycles. The van der Waals surface area contributed by atoms with E-state index in [1.54, 1.807) is 0 Å². The Morgan fingerprint density at radius 1 is 1.35 bits per heavy atom. The number of carboxylic acid groups (broad SMARTS) is 1. The summed E-state index contributed by atoms with van der Waals surface area (Å²) in [5.41, 5.74) is 0. The Morgan fingerprint density at radius 2 is 2.00 bits per heavy atom. The molecule has 1 aliphatic heterocycles. The number of nitrogens with zero attached hydrogens (tertiary/aromatic N) is 1. The fourth-order valence-corrected chi connectivity index (χ4v) is 2.45. The lowest BCUT2D eigenvalue weighted by Crippen LogP contribution is -2.38. The van der Waals surface area contributed by atoms with Crippen molar-refractivity contribution in [1.29, 1.82) is 0 Å². The van der Waals surface area contributed by atoms with Crippen molar-refractivity contribution in [3.05, 3.63) is 0 Å². The van der Waals surface area contributed by atoms with Gasteiger partial charge in [0.1, 0.15) is 0 Å². The number of aliphatic carboxylic acids is 1. The third-order valence-corrected chi connectivity index (χ3v) is 3.66. The molecule has 0 aromatic rings. The van der Waals surface area contributed by atoms with Crippen molar-refractivity contribution in [2.75, 3.05) is 45.1 Å². The number of sulfonamides is 1. The van der Waals surface area contributed by atoms with Gasteiger partial charge in [-0.25, -0.2) is 13.1 Å². The molecule has 100 valence electrons. The van der Waals surface area contributed by atoms with Crippen molar-refractivity contribution < 1.29 is 23.1 Å². The Hall–Kier alpha value is -0.700. The second-order valence-electron chi connectivity index (χ2n) is 3.85. The third kappa shape index (κ3) is 6.57. The predicted octanol–water partition coefficient (Wildman–Crippen LogP) is -1.29. The topological polar surface area (TPSA) is 95.9 Å². The summed E-state index contributed by atoms with van der Waals surface area (Å²) in [6.07, 6.45) is 0.666. The Morgan fingerprint density at radius 3 is 2.59 bits per heavy atom. The molecule has 0 aromatic carbocycles. The van der Waals surface area contributed by atoms with E-state index in [4.69, 9.17) is 9.84 Å². The van der Waals surface area contributed by atoms with Gasteiger partial charge in [-0.05, 0) is 13.0 Å². The molecular formula is C9H18N2O5S. The number of nitrogens with one attached hydrogen (secondary N) is 1. The lowest BCUT2D eigenvalue weighted by Gasteiger charge is -2.26. The number of ether oxygens (including phenoxy) is 1. The Balaban J connectivity index is 2.12. The molecule has 0 aliphatic carbocycles. The molecule has 0 aromatic heterocycles. The van der Waals surface area contributed by atoms with Gasteiger partial charge in [0.15, 0.2) is 5.75 Å². The smallest absolute Gasteiger partial charge is 0.320 e. The first-order valence-electron chi connectivity index (χ1n) is 5.49. The minimum atomic E-state index is -3.68. The first-order valence-corrected chi connectivity index (χ1v) is 7.14. The minimum absolute atomic E-state index is 0.271. The number of hydrogen-bond donors (Lipinski definition) is 2. The molecule has 17 heavy (non-hydrogen) atoms. The van der Waals surface area contributed by atoms with E-state index >= 15 is 0 Å². The average molecular weight is 266 g/mol. The molecule has 1 aliphatic rings. The molecule has 0 radical (unpaired) electrons. The minimum Gasteiger partial charge on any atom is -0.480 e. The van der Waals surface area contributed by atoms with Crippen LogP contribution < -0.4 is 4.72 Å². The SMILES string of the molecule is O=C(O)CS(=O)(=O)NCCCN1CCOCC1. The summed E-state index contributed by atoms with van der Waals surface area (Å²) in [5, 5.41) is 8.37. The van der Waals surface area contributed by atoms with Crippen molar-refractivity contribution >= 4 is 16.0 Å². The standard InChI is InChI=1S/C9H18N2O5S/c12-9(13)8-17(14,15)10-2-1-3-11-4-6-16-7-5-11/h10H,1-8H2,(H,12,13). The van der Waals surface area contributed by atoms with E-state index in [0.29, 0.717) is 19.6 Å². The van der Waals surface area contributed by atoms with Crippen LogP contribution in [0.25, 0.3) is 0 Å². The van der Waals surface area contributed by atoms with Crippen molar-refractivity contribution in [3.8, 4) is 0 Å². The van der Waals surface area contributed by atoms with Crippen molar-refractivity contribution in [2.24, 2.45) is 0 Å². The van der Waals surface area contributed by atoms with Crippen LogP contribution in [0, 0.1) is 0 Å². The highest BCUT2D eigenvalue weighted by atomic mass is 32.2. The van der Waals surface area contributed by atoms with Crippen molar-refractivity contribution in [2.45, 2.75) is 6.42 Å². The van der Waals surface area contributed by atoms with Gasteiger partial charge in [0.2, 0.25) is 10.0 Å². The Bertz CT molecular complexity index is 337. The van der Waals surface area contributed by atoms with E-state index in [1.807, 2.05) is 0 Å². The summed E-state index contributed by atoms with van der Waals surface area (Å²) in [7, 11) is -3.68. The molecular weight excluding hydrogens is 248 g/mol. The van der Waals surface area contributed by atoms with Gasteiger partial charge in [0.05, 0.1) is 13.2 Å². The summed E-state index contributed by atoms with van der Waals surface area (Å²) in [5.74, 6) is -2.21. The molecule has 0 atom stereocenters. The molecule has 1 heterocycles. The first kappa shape index (κ1) is 14.4. The molecule has 1 rings (SSSR count).